The molecule has 4 nitrogen and oxygen atoms in total. The van der Waals surface area contributed by atoms with Crippen molar-refractivity contribution in [2.45, 2.75) is 31.8 Å². The predicted molar refractivity (Wildman–Crippen MR) is 73.4 cm³/mol. The molecule has 1 fully saturated rings. The molecular weight excluding hydrogens is 250 g/mol. The highest BCUT2D eigenvalue weighted by molar-refractivity contribution is 6.34. The maximum atomic E-state index is 8.73. The highest BCUT2D eigenvalue weighted by Crippen LogP contribution is 2.23. The lowest BCUT2D eigenvalue weighted by Crippen LogP contribution is -1.94. The molecule has 1 aliphatic rings. The minimum Gasteiger partial charge on any atom is -0.393 e. The lowest BCUT2D eigenvalue weighted by molar-refractivity contribution is 0.183. The van der Waals surface area contributed by atoms with Crippen LogP contribution < -0.4 is 5.73 Å². The average Bonchev–Trinajstić information content (AvgIpc) is 2.86. The van der Waals surface area contributed by atoms with Gasteiger partial charge in [0.05, 0.1) is 6.10 Å². The molecule has 3 rings (SSSR count). The van der Waals surface area contributed by atoms with Crippen molar-refractivity contribution < 1.29 is 5.11 Å². The quantitative estimate of drug-likeness (QED) is 0.768. The van der Waals surface area contributed by atoms with Crippen LogP contribution >= 0.6 is 11.6 Å². The summed E-state index contributed by atoms with van der Waals surface area (Å²) >= 11 is 5.80. The third-order valence-corrected chi connectivity index (χ3v) is 3.27. The largest absolute Gasteiger partial charge is 0.393 e. The van der Waals surface area contributed by atoms with Gasteiger partial charge in [-0.15, -0.1) is 10.2 Å². The summed E-state index contributed by atoms with van der Waals surface area (Å²) < 4.78 is 0. The van der Waals surface area contributed by atoms with Crippen LogP contribution in [0.25, 0.3) is 10.8 Å². The Balaban J connectivity index is 0.000000169. The molecule has 0 aliphatic heterocycles. The Bertz CT molecular complexity index is 486. The Labute approximate surface area is 111 Å². The van der Waals surface area contributed by atoms with Crippen molar-refractivity contribution in [2.24, 2.45) is 0 Å². The van der Waals surface area contributed by atoms with Gasteiger partial charge < -0.3 is 10.8 Å². The Morgan fingerprint density at radius 1 is 1.11 bits per heavy atom. The summed E-state index contributed by atoms with van der Waals surface area (Å²) in [6, 6.07) is 7.50. The first-order valence-electron chi connectivity index (χ1n) is 6.03. The van der Waals surface area contributed by atoms with Gasteiger partial charge in [0.1, 0.15) is 0 Å². The number of fused-ring (bicyclic) bond motifs is 1. The van der Waals surface area contributed by atoms with Crippen LogP contribution in [0.3, 0.4) is 0 Å². The molecule has 0 unspecified atom stereocenters. The average molecular weight is 266 g/mol. The number of rotatable bonds is 0. The highest BCUT2D eigenvalue weighted by atomic mass is 35.5. The summed E-state index contributed by atoms with van der Waals surface area (Å²) in [7, 11) is 0. The van der Waals surface area contributed by atoms with Gasteiger partial charge >= 0.3 is 0 Å². The molecule has 0 spiro atoms. The summed E-state index contributed by atoms with van der Waals surface area (Å²) in [4.78, 5) is 0. The van der Waals surface area contributed by atoms with Gasteiger partial charge in [0.2, 0.25) is 0 Å². The van der Waals surface area contributed by atoms with Crippen LogP contribution in [0.15, 0.2) is 24.3 Å². The van der Waals surface area contributed by atoms with E-state index in [9.17, 15) is 0 Å². The van der Waals surface area contributed by atoms with Crippen LogP contribution in [0, 0.1) is 0 Å². The number of halogens is 1. The Morgan fingerprint density at radius 2 is 1.72 bits per heavy atom. The van der Waals surface area contributed by atoms with Gasteiger partial charge in [-0.1, -0.05) is 48.7 Å². The fraction of sp³-hybridized carbons (Fsp3) is 0.385. The second kappa shape index (κ2) is 5.98. The first-order valence-corrected chi connectivity index (χ1v) is 6.40. The molecule has 3 N–H and O–H groups in total. The molecule has 1 saturated carbocycles. The number of hydrogen-bond acceptors (Lipinski definition) is 4. The lowest BCUT2D eigenvalue weighted by Gasteiger charge is -1.99. The minimum atomic E-state index is 0.0463. The van der Waals surface area contributed by atoms with Crippen molar-refractivity contribution in [2.75, 3.05) is 5.73 Å². The van der Waals surface area contributed by atoms with Crippen molar-refractivity contribution in [1.82, 2.24) is 10.2 Å². The molecule has 5 heteroatoms. The van der Waals surface area contributed by atoms with Crippen LogP contribution in [-0.2, 0) is 0 Å². The molecule has 1 aromatic carbocycles. The van der Waals surface area contributed by atoms with E-state index >= 15 is 0 Å². The third kappa shape index (κ3) is 3.09. The summed E-state index contributed by atoms with van der Waals surface area (Å²) in [5, 5.41) is 18.2. The number of benzene rings is 1. The molecule has 1 aliphatic carbocycles. The molecule has 1 heterocycles. The second-order valence-electron chi connectivity index (χ2n) is 4.36. The highest BCUT2D eigenvalue weighted by Gasteiger charge is 2.09. The van der Waals surface area contributed by atoms with Gasteiger partial charge in [-0.25, -0.2) is 0 Å². The lowest BCUT2D eigenvalue weighted by atomic mass is 10.2. The van der Waals surface area contributed by atoms with E-state index in [1.165, 1.54) is 12.8 Å². The zero-order valence-electron chi connectivity index (χ0n) is 10.0. The maximum Gasteiger partial charge on any atom is 0.159 e. The number of anilines is 1. The van der Waals surface area contributed by atoms with E-state index in [1.807, 2.05) is 24.3 Å². The second-order valence-corrected chi connectivity index (χ2v) is 4.72. The van der Waals surface area contributed by atoms with Crippen LogP contribution in [0.4, 0.5) is 5.82 Å². The number of aliphatic hydroxyl groups excluding tert-OH is 1. The Morgan fingerprint density at radius 3 is 2.22 bits per heavy atom. The van der Waals surface area contributed by atoms with Crippen molar-refractivity contribution in [3.63, 3.8) is 0 Å². The molecular formula is C13H16ClN3O. The Hall–Kier alpha value is -1.39. The molecule has 0 atom stereocenters. The molecule has 18 heavy (non-hydrogen) atoms. The van der Waals surface area contributed by atoms with E-state index in [1.54, 1.807) is 0 Å². The van der Waals surface area contributed by atoms with E-state index in [0.29, 0.717) is 11.0 Å². The number of aliphatic hydroxyl groups is 1. The van der Waals surface area contributed by atoms with Crippen molar-refractivity contribution >= 4 is 28.2 Å². The number of aromatic nitrogens is 2. The summed E-state index contributed by atoms with van der Waals surface area (Å²) in [6.45, 7) is 0. The SMILES string of the molecule is Nc1nnc(Cl)c2ccccc12.OC1CCCC1. The number of nitrogen functional groups attached to an aromatic ring is 1. The van der Waals surface area contributed by atoms with Gasteiger partial charge in [-0.05, 0) is 12.8 Å². The zero-order valence-corrected chi connectivity index (χ0v) is 10.8. The van der Waals surface area contributed by atoms with E-state index in [4.69, 9.17) is 22.4 Å². The smallest absolute Gasteiger partial charge is 0.159 e. The van der Waals surface area contributed by atoms with Crippen molar-refractivity contribution in [3.05, 3.63) is 29.4 Å². The summed E-state index contributed by atoms with van der Waals surface area (Å²) in [5.74, 6) is 0.412. The van der Waals surface area contributed by atoms with Gasteiger partial charge in [-0.2, -0.15) is 0 Å². The number of nitrogens with two attached hydrogens (primary N) is 1. The van der Waals surface area contributed by atoms with Crippen LogP contribution in [0.5, 0.6) is 0 Å². The van der Waals surface area contributed by atoms with Crippen LogP contribution in [-0.4, -0.2) is 21.4 Å². The van der Waals surface area contributed by atoms with E-state index in [0.717, 1.165) is 23.6 Å². The number of hydrogen-bond donors (Lipinski definition) is 2. The molecule has 2 aromatic rings. The normalized spacial score (nSPS) is 15.4. The van der Waals surface area contributed by atoms with E-state index in [-0.39, 0.29) is 6.10 Å². The maximum absolute atomic E-state index is 8.73. The standard InChI is InChI=1S/C8H6ClN3.C5H10O/c9-7-5-3-1-2-4-6(5)8(10)12-11-7;6-5-3-1-2-4-5/h1-4H,(H2,10,12);5-6H,1-4H2. The van der Waals surface area contributed by atoms with Crippen LogP contribution in [0.2, 0.25) is 5.15 Å². The van der Waals surface area contributed by atoms with Crippen molar-refractivity contribution in [3.8, 4) is 0 Å². The topological polar surface area (TPSA) is 72.0 Å². The summed E-state index contributed by atoms with van der Waals surface area (Å²) in [5.41, 5.74) is 5.59. The third-order valence-electron chi connectivity index (χ3n) is 3.00. The Kier molecular flexibility index (Phi) is 4.33. The predicted octanol–water partition coefficient (Wildman–Crippen LogP) is 2.79. The monoisotopic (exact) mass is 265 g/mol. The number of nitrogens with zero attached hydrogens (tertiary/aromatic N) is 2. The molecule has 1 aromatic heterocycles. The first-order chi connectivity index (χ1) is 8.68. The molecule has 0 bridgehead atoms. The minimum absolute atomic E-state index is 0.0463. The summed E-state index contributed by atoms with van der Waals surface area (Å²) in [6.07, 6.45) is 4.60. The van der Waals surface area contributed by atoms with Gasteiger partial charge in [0.15, 0.2) is 11.0 Å². The van der Waals surface area contributed by atoms with Crippen molar-refractivity contribution in [1.29, 1.82) is 0 Å². The fourth-order valence-corrected chi connectivity index (χ4v) is 2.20. The van der Waals surface area contributed by atoms with Gasteiger partial charge in [0.25, 0.3) is 0 Å². The molecule has 0 radical (unpaired) electrons. The molecule has 0 amide bonds. The molecule has 0 saturated heterocycles. The van der Waals surface area contributed by atoms with Gasteiger partial charge in [-0.3, -0.25) is 0 Å². The fourth-order valence-electron chi connectivity index (χ4n) is 2.00. The zero-order chi connectivity index (χ0) is 13.0. The first kappa shape index (κ1) is 13.1. The molecule has 96 valence electrons. The van der Waals surface area contributed by atoms with E-state index in [2.05, 4.69) is 10.2 Å². The van der Waals surface area contributed by atoms with E-state index < -0.39 is 0 Å². The van der Waals surface area contributed by atoms with Crippen LogP contribution in [0.1, 0.15) is 25.7 Å². The van der Waals surface area contributed by atoms with Gasteiger partial charge in [0, 0.05) is 10.8 Å².